The molecule has 2 heteroatoms. The summed E-state index contributed by atoms with van der Waals surface area (Å²) in [5.74, 6) is 6.19. The number of anilines is 1. The van der Waals surface area contributed by atoms with Gasteiger partial charge in [-0.3, -0.25) is 0 Å². The molecule has 0 aromatic heterocycles. The van der Waals surface area contributed by atoms with Gasteiger partial charge >= 0.3 is 0 Å². The van der Waals surface area contributed by atoms with Gasteiger partial charge in [0.05, 0.1) is 5.56 Å². The maximum Gasteiger partial charge on any atom is 0.0504 e. The minimum atomic E-state index is 0.766. The van der Waals surface area contributed by atoms with E-state index in [1.807, 2.05) is 32.2 Å². The van der Waals surface area contributed by atoms with Crippen molar-refractivity contribution in [2.75, 3.05) is 19.3 Å². The molecule has 2 nitrogen and oxygen atoms in total. The lowest BCUT2D eigenvalue weighted by Gasteiger charge is -2.01. The summed E-state index contributed by atoms with van der Waals surface area (Å²) in [7, 11) is 1.92. The lowest BCUT2D eigenvalue weighted by atomic mass is 10.1. The fourth-order valence-corrected chi connectivity index (χ4v) is 1.20. The zero-order valence-electron chi connectivity index (χ0n) is 8.72. The molecule has 1 rings (SSSR count). The molecular formula is C12H16N2. The Hall–Kier alpha value is -1.46. The van der Waals surface area contributed by atoms with Crippen LogP contribution in [-0.2, 0) is 0 Å². The second kappa shape index (κ2) is 5.31. The van der Waals surface area contributed by atoms with E-state index in [4.69, 9.17) is 5.73 Å². The van der Waals surface area contributed by atoms with E-state index in [0.29, 0.717) is 0 Å². The van der Waals surface area contributed by atoms with Crippen molar-refractivity contribution < 1.29 is 0 Å². The number of nitrogens with two attached hydrogens (primary N) is 1. The second-order valence-corrected chi connectivity index (χ2v) is 3.19. The maximum absolute atomic E-state index is 5.82. The summed E-state index contributed by atoms with van der Waals surface area (Å²) in [6, 6.07) is 5.86. The summed E-state index contributed by atoms with van der Waals surface area (Å²) < 4.78 is 0. The first kappa shape index (κ1) is 10.6. The normalized spacial score (nSPS) is 9.29. The van der Waals surface area contributed by atoms with E-state index in [9.17, 15) is 0 Å². The Kier molecular flexibility index (Phi) is 4.03. The molecule has 0 atom stereocenters. The SMILES string of the molecule is CNCCC#Cc1c(C)cccc1N. The van der Waals surface area contributed by atoms with E-state index in [1.54, 1.807) is 0 Å². The van der Waals surface area contributed by atoms with Crippen LogP contribution in [0.5, 0.6) is 0 Å². The quantitative estimate of drug-likeness (QED) is 0.420. The first-order chi connectivity index (χ1) is 6.75. The number of hydrogen-bond donors (Lipinski definition) is 2. The zero-order chi connectivity index (χ0) is 10.4. The highest BCUT2D eigenvalue weighted by atomic mass is 14.8. The molecule has 1 aromatic rings. The molecule has 0 heterocycles. The third-order valence-corrected chi connectivity index (χ3v) is 2.02. The largest absolute Gasteiger partial charge is 0.398 e. The number of hydrogen-bond acceptors (Lipinski definition) is 2. The van der Waals surface area contributed by atoms with Crippen LogP contribution in [0.2, 0.25) is 0 Å². The van der Waals surface area contributed by atoms with Crippen LogP contribution in [0.4, 0.5) is 5.69 Å². The molecule has 0 saturated carbocycles. The number of benzene rings is 1. The topological polar surface area (TPSA) is 38.0 Å². The third kappa shape index (κ3) is 2.79. The Morgan fingerprint density at radius 2 is 2.21 bits per heavy atom. The van der Waals surface area contributed by atoms with Crippen LogP contribution in [0.15, 0.2) is 18.2 Å². The van der Waals surface area contributed by atoms with Gasteiger partial charge in [0, 0.05) is 18.7 Å². The first-order valence-corrected chi connectivity index (χ1v) is 4.74. The van der Waals surface area contributed by atoms with Crippen LogP contribution < -0.4 is 11.1 Å². The van der Waals surface area contributed by atoms with Crippen molar-refractivity contribution in [3.05, 3.63) is 29.3 Å². The highest BCUT2D eigenvalue weighted by Crippen LogP contribution is 2.14. The average Bonchev–Trinajstić information content (AvgIpc) is 2.16. The Morgan fingerprint density at radius 1 is 1.43 bits per heavy atom. The van der Waals surface area contributed by atoms with Crippen LogP contribution >= 0.6 is 0 Å². The van der Waals surface area contributed by atoms with E-state index in [1.165, 1.54) is 0 Å². The van der Waals surface area contributed by atoms with Gasteiger partial charge < -0.3 is 11.1 Å². The van der Waals surface area contributed by atoms with Crippen molar-refractivity contribution in [3.8, 4) is 11.8 Å². The highest BCUT2D eigenvalue weighted by Gasteiger charge is 1.97. The van der Waals surface area contributed by atoms with Crippen molar-refractivity contribution in [2.24, 2.45) is 0 Å². The van der Waals surface area contributed by atoms with Crippen molar-refractivity contribution in [1.82, 2.24) is 5.32 Å². The van der Waals surface area contributed by atoms with Crippen molar-refractivity contribution in [1.29, 1.82) is 0 Å². The zero-order valence-corrected chi connectivity index (χ0v) is 8.72. The van der Waals surface area contributed by atoms with E-state index in [0.717, 1.165) is 29.8 Å². The minimum Gasteiger partial charge on any atom is -0.398 e. The summed E-state index contributed by atoms with van der Waals surface area (Å²) >= 11 is 0. The Bertz CT molecular complexity index is 338. The monoisotopic (exact) mass is 188 g/mol. The van der Waals surface area contributed by atoms with Crippen molar-refractivity contribution >= 4 is 5.69 Å². The van der Waals surface area contributed by atoms with Gasteiger partial charge in [0.2, 0.25) is 0 Å². The van der Waals surface area contributed by atoms with Gasteiger partial charge in [0.25, 0.3) is 0 Å². The van der Waals surface area contributed by atoms with E-state index < -0.39 is 0 Å². The standard InChI is InChI=1S/C12H16N2/c1-10-6-5-8-12(13)11(10)7-3-4-9-14-2/h5-6,8,14H,4,9,13H2,1-2H3. The predicted octanol–water partition coefficient (Wildman–Crippen LogP) is 1.54. The second-order valence-electron chi connectivity index (χ2n) is 3.19. The Balaban J connectivity index is 2.78. The van der Waals surface area contributed by atoms with Crippen molar-refractivity contribution in [3.63, 3.8) is 0 Å². The molecule has 0 aliphatic carbocycles. The van der Waals surface area contributed by atoms with Crippen LogP contribution in [-0.4, -0.2) is 13.6 Å². The molecule has 14 heavy (non-hydrogen) atoms. The predicted molar refractivity (Wildman–Crippen MR) is 61.0 cm³/mol. The summed E-state index contributed by atoms with van der Waals surface area (Å²) in [6.07, 6.45) is 0.851. The summed E-state index contributed by atoms with van der Waals surface area (Å²) in [6.45, 7) is 2.94. The molecule has 0 amide bonds. The average molecular weight is 188 g/mol. The fraction of sp³-hybridized carbons (Fsp3) is 0.333. The minimum absolute atomic E-state index is 0.766. The molecule has 0 radical (unpaired) electrons. The molecule has 3 N–H and O–H groups in total. The lowest BCUT2D eigenvalue weighted by molar-refractivity contribution is 0.818. The van der Waals surface area contributed by atoms with Crippen LogP contribution in [0.3, 0.4) is 0 Å². The van der Waals surface area contributed by atoms with Gasteiger partial charge in [0.15, 0.2) is 0 Å². The third-order valence-electron chi connectivity index (χ3n) is 2.02. The smallest absolute Gasteiger partial charge is 0.0504 e. The molecule has 0 aliphatic heterocycles. The summed E-state index contributed by atoms with van der Waals surface area (Å²) in [5.41, 5.74) is 8.69. The molecule has 0 saturated heterocycles. The molecular weight excluding hydrogens is 172 g/mol. The van der Waals surface area contributed by atoms with Crippen molar-refractivity contribution in [2.45, 2.75) is 13.3 Å². The van der Waals surface area contributed by atoms with Gasteiger partial charge in [-0.25, -0.2) is 0 Å². The van der Waals surface area contributed by atoms with Gasteiger partial charge in [0.1, 0.15) is 0 Å². The first-order valence-electron chi connectivity index (χ1n) is 4.74. The van der Waals surface area contributed by atoms with Gasteiger partial charge in [-0.05, 0) is 25.6 Å². The van der Waals surface area contributed by atoms with Gasteiger partial charge in [-0.1, -0.05) is 24.0 Å². The molecule has 0 unspecified atom stereocenters. The molecule has 0 bridgehead atoms. The van der Waals surface area contributed by atoms with Gasteiger partial charge in [-0.2, -0.15) is 0 Å². The van der Waals surface area contributed by atoms with E-state index in [-0.39, 0.29) is 0 Å². The maximum atomic E-state index is 5.82. The number of nitrogens with one attached hydrogen (secondary N) is 1. The Labute approximate surface area is 85.5 Å². The molecule has 0 spiro atoms. The molecule has 1 aromatic carbocycles. The van der Waals surface area contributed by atoms with E-state index >= 15 is 0 Å². The van der Waals surface area contributed by atoms with Crippen LogP contribution in [0.25, 0.3) is 0 Å². The number of rotatable bonds is 2. The molecule has 74 valence electrons. The number of aryl methyl sites for hydroxylation is 1. The molecule has 0 aliphatic rings. The van der Waals surface area contributed by atoms with Crippen LogP contribution in [0, 0.1) is 18.8 Å². The molecule has 0 fully saturated rings. The fourth-order valence-electron chi connectivity index (χ4n) is 1.20. The summed E-state index contributed by atoms with van der Waals surface area (Å²) in [4.78, 5) is 0. The Morgan fingerprint density at radius 3 is 2.86 bits per heavy atom. The van der Waals surface area contributed by atoms with E-state index in [2.05, 4.69) is 17.2 Å². The lowest BCUT2D eigenvalue weighted by Crippen LogP contribution is -2.06. The summed E-state index contributed by atoms with van der Waals surface area (Å²) in [5, 5.41) is 3.05. The number of nitrogen functional groups attached to an aromatic ring is 1. The highest BCUT2D eigenvalue weighted by molar-refractivity contribution is 5.59. The van der Waals surface area contributed by atoms with Crippen LogP contribution in [0.1, 0.15) is 17.5 Å². The van der Waals surface area contributed by atoms with Gasteiger partial charge in [-0.15, -0.1) is 0 Å².